The van der Waals surface area contributed by atoms with E-state index in [1.807, 2.05) is 29.0 Å². The Balaban J connectivity index is 2.14. The van der Waals surface area contributed by atoms with Crippen LogP contribution in [-0.4, -0.2) is 29.8 Å². The molecule has 0 fully saturated rings. The number of nitrogens with one attached hydrogen (secondary N) is 1. The Kier molecular flexibility index (Phi) is 5.42. The monoisotopic (exact) mass is 387 g/mol. The van der Waals surface area contributed by atoms with Crippen molar-refractivity contribution >= 4 is 37.8 Å². The smallest absolute Gasteiger partial charge is 0.207 e. The number of ether oxygens (including phenoxy) is 1. The fourth-order valence-electron chi connectivity index (χ4n) is 1.72. The first-order chi connectivity index (χ1) is 9.22. The number of anilines is 1. The van der Waals surface area contributed by atoms with Crippen molar-refractivity contribution in [3.8, 4) is 5.69 Å². The molecule has 0 unspecified atom stereocenters. The maximum Gasteiger partial charge on any atom is 0.207 e. The second-order valence-corrected chi connectivity index (χ2v) is 5.76. The van der Waals surface area contributed by atoms with E-state index in [9.17, 15) is 0 Å². The molecule has 0 aliphatic heterocycles. The van der Waals surface area contributed by atoms with Crippen molar-refractivity contribution in [3.63, 3.8) is 0 Å². The molecule has 1 aromatic carbocycles. The van der Waals surface area contributed by atoms with Crippen LogP contribution in [0.25, 0.3) is 5.69 Å². The molecule has 0 aliphatic carbocycles. The number of halogens is 2. The van der Waals surface area contributed by atoms with Crippen LogP contribution < -0.4 is 5.32 Å². The lowest BCUT2D eigenvalue weighted by Crippen LogP contribution is -2.09. The minimum Gasteiger partial charge on any atom is -0.385 e. The summed E-state index contributed by atoms with van der Waals surface area (Å²) in [5, 5.41) is 3.31. The van der Waals surface area contributed by atoms with Crippen LogP contribution in [0.2, 0.25) is 0 Å². The zero-order valence-electron chi connectivity index (χ0n) is 10.6. The molecule has 4 nitrogen and oxygen atoms in total. The summed E-state index contributed by atoms with van der Waals surface area (Å²) >= 11 is 7.02. The summed E-state index contributed by atoms with van der Waals surface area (Å²) in [5.74, 6) is 0.833. The van der Waals surface area contributed by atoms with Gasteiger partial charge in [-0.15, -0.1) is 0 Å². The van der Waals surface area contributed by atoms with Gasteiger partial charge in [0.15, 0.2) is 0 Å². The van der Waals surface area contributed by atoms with E-state index in [1.165, 1.54) is 0 Å². The van der Waals surface area contributed by atoms with Gasteiger partial charge in [0.1, 0.15) is 0 Å². The lowest BCUT2D eigenvalue weighted by molar-refractivity contribution is 0.197. The normalized spacial score (nSPS) is 10.7. The van der Waals surface area contributed by atoms with Gasteiger partial charge >= 0.3 is 0 Å². The first kappa shape index (κ1) is 14.6. The number of hydrogen-bond acceptors (Lipinski definition) is 3. The zero-order chi connectivity index (χ0) is 13.7. The average Bonchev–Trinajstić information content (AvgIpc) is 2.83. The molecule has 0 atom stereocenters. The summed E-state index contributed by atoms with van der Waals surface area (Å²) in [6.45, 7) is 1.58. The fourth-order valence-corrected chi connectivity index (χ4v) is 2.96. The molecule has 0 spiro atoms. The van der Waals surface area contributed by atoms with Crippen molar-refractivity contribution in [2.75, 3.05) is 25.6 Å². The third-order valence-corrected chi connectivity index (χ3v) is 3.75. The van der Waals surface area contributed by atoms with Crippen LogP contribution in [0, 0.1) is 0 Å². The van der Waals surface area contributed by atoms with Gasteiger partial charge in [-0.25, -0.2) is 4.98 Å². The Labute approximate surface area is 129 Å². The van der Waals surface area contributed by atoms with Gasteiger partial charge in [-0.1, -0.05) is 15.9 Å². The lowest BCUT2D eigenvalue weighted by Gasteiger charge is -2.11. The standard InChI is InChI=1S/C13H15Br2N3O/c1-19-8-2-5-16-13-17-6-7-18(13)12-4-3-10(14)9-11(12)15/h3-4,6-7,9H,2,5,8H2,1H3,(H,16,17). The van der Waals surface area contributed by atoms with E-state index >= 15 is 0 Å². The average molecular weight is 389 g/mol. The number of methoxy groups -OCH3 is 1. The van der Waals surface area contributed by atoms with Crippen molar-refractivity contribution in [3.05, 3.63) is 39.5 Å². The highest BCUT2D eigenvalue weighted by molar-refractivity contribution is 9.11. The number of benzene rings is 1. The van der Waals surface area contributed by atoms with Crippen molar-refractivity contribution in [2.45, 2.75) is 6.42 Å². The summed E-state index contributed by atoms with van der Waals surface area (Å²) in [7, 11) is 1.71. The molecule has 2 aromatic rings. The number of nitrogens with zero attached hydrogens (tertiary/aromatic N) is 2. The second kappa shape index (κ2) is 7.07. The van der Waals surface area contributed by atoms with E-state index in [0.29, 0.717) is 0 Å². The van der Waals surface area contributed by atoms with Gasteiger partial charge in [0.05, 0.1) is 5.69 Å². The van der Waals surface area contributed by atoms with E-state index in [0.717, 1.165) is 40.2 Å². The molecule has 1 heterocycles. The Bertz CT molecular complexity index is 542. The highest BCUT2D eigenvalue weighted by Gasteiger charge is 2.08. The van der Waals surface area contributed by atoms with Gasteiger partial charge in [0.2, 0.25) is 5.95 Å². The van der Waals surface area contributed by atoms with E-state index in [2.05, 4.69) is 42.2 Å². The third kappa shape index (κ3) is 3.81. The number of hydrogen-bond donors (Lipinski definition) is 1. The summed E-state index contributed by atoms with van der Waals surface area (Å²) < 4.78 is 9.10. The molecule has 0 radical (unpaired) electrons. The predicted octanol–water partition coefficient (Wildman–Crippen LogP) is 3.85. The maximum atomic E-state index is 5.03. The van der Waals surface area contributed by atoms with Crippen molar-refractivity contribution in [2.24, 2.45) is 0 Å². The molecule has 0 saturated heterocycles. The minimum absolute atomic E-state index is 0.746. The molecule has 0 saturated carbocycles. The van der Waals surface area contributed by atoms with Crippen molar-refractivity contribution < 1.29 is 4.74 Å². The van der Waals surface area contributed by atoms with Crippen molar-refractivity contribution in [1.29, 1.82) is 0 Å². The zero-order valence-corrected chi connectivity index (χ0v) is 13.7. The van der Waals surface area contributed by atoms with Crippen molar-refractivity contribution in [1.82, 2.24) is 9.55 Å². The van der Waals surface area contributed by atoms with Gasteiger partial charge in [0, 0.05) is 41.6 Å². The highest BCUT2D eigenvalue weighted by atomic mass is 79.9. The quantitative estimate of drug-likeness (QED) is 0.764. The van der Waals surface area contributed by atoms with Gasteiger partial charge in [-0.3, -0.25) is 4.57 Å². The minimum atomic E-state index is 0.746. The van der Waals surface area contributed by atoms with E-state index in [-0.39, 0.29) is 0 Å². The summed E-state index contributed by atoms with van der Waals surface area (Å²) in [4.78, 5) is 4.33. The summed E-state index contributed by atoms with van der Waals surface area (Å²) in [5.41, 5.74) is 1.05. The molecule has 0 amide bonds. The molecule has 6 heteroatoms. The number of aromatic nitrogens is 2. The Morgan fingerprint density at radius 2 is 2.21 bits per heavy atom. The van der Waals surface area contributed by atoms with E-state index in [4.69, 9.17) is 4.74 Å². The fraction of sp³-hybridized carbons (Fsp3) is 0.308. The Hall–Kier alpha value is -0.850. The SMILES string of the molecule is COCCCNc1nccn1-c1ccc(Br)cc1Br. The summed E-state index contributed by atoms with van der Waals surface area (Å²) in [6, 6.07) is 6.06. The molecular formula is C13H15Br2N3O. The molecule has 0 aliphatic rings. The summed E-state index contributed by atoms with van der Waals surface area (Å²) in [6.07, 6.45) is 4.67. The maximum absolute atomic E-state index is 5.03. The molecule has 0 bridgehead atoms. The molecule has 102 valence electrons. The van der Waals surface area contributed by atoms with Crippen LogP contribution in [-0.2, 0) is 4.74 Å². The van der Waals surface area contributed by atoms with Crippen LogP contribution in [0.15, 0.2) is 39.5 Å². The van der Waals surface area contributed by atoms with Crippen LogP contribution in [0.3, 0.4) is 0 Å². The predicted molar refractivity (Wildman–Crippen MR) is 83.9 cm³/mol. The van der Waals surface area contributed by atoms with Gasteiger partial charge in [0.25, 0.3) is 0 Å². The van der Waals surface area contributed by atoms with Gasteiger partial charge in [-0.2, -0.15) is 0 Å². The van der Waals surface area contributed by atoms with E-state index < -0.39 is 0 Å². The van der Waals surface area contributed by atoms with Gasteiger partial charge in [-0.05, 0) is 40.5 Å². The van der Waals surface area contributed by atoms with Crippen LogP contribution in [0.5, 0.6) is 0 Å². The molecule has 19 heavy (non-hydrogen) atoms. The topological polar surface area (TPSA) is 39.1 Å². The van der Waals surface area contributed by atoms with Crippen LogP contribution in [0.1, 0.15) is 6.42 Å². The largest absolute Gasteiger partial charge is 0.385 e. The van der Waals surface area contributed by atoms with Gasteiger partial charge < -0.3 is 10.1 Å². The Morgan fingerprint density at radius 1 is 1.37 bits per heavy atom. The first-order valence-corrected chi connectivity index (χ1v) is 7.52. The van der Waals surface area contributed by atoms with Crippen LogP contribution in [0.4, 0.5) is 5.95 Å². The molecule has 2 rings (SSSR count). The second-order valence-electron chi connectivity index (χ2n) is 3.99. The van der Waals surface area contributed by atoms with E-state index in [1.54, 1.807) is 13.3 Å². The lowest BCUT2D eigenvalue weighted by atomic mass is 10.3. The Morgan fingerprint density at radius 3 is 2.95 bits per heavy atom. The number of rotatable bonds is 6. The third-order valence-electron chi connectivity index (χ3n) is 2.62. The molecule has 1 aromatic heterocycles. The molecular weight excluding hydrogens is 374 g/mol. The molecule has 1 N–H and O–H groups in total. The van der Waals surface area contributed by atoms with Crippen LogP contribution >= 0.6 is 31.9 Å². The highest BCUT2D eigenvalue weighted by Crippen LogP contribution is 2.27. The number of imidazole rings is 1. The first-order valence-electron chi connectivity index (χ1n) is 5.94.